The molecule has 0 radical (unpaired) electrons. The van der Waals surface area contributed by atoms with Gasteiger partial charge in [-0.1, -0.05) is 6.07 Å². The second-order valence-electron chi connectivity index (χ2n) is 3.80. The maximum Gasteiger partial charge on any atom is 0.272 e. The molecule has 0 amide bonds. The summed E-state index contributed by atoms with van der Waals surface area (Å²) in [5.41, 5.74) is 7.60. The second kappa shape index (κ2) is 5.58. The van der Waals surface area contributed by atoms with Gasteiger partial charge in [0.25, 0.3) is 5.69 Å². The molecule has 0 aliphatic rings. The Hall–Kier alpha value is -1.46. The van der Waals surface area contributed by atoms with Crippen LogP contribution in [0.4, 0.5) is 5.69 Å². The van der Waals surface area contributed by atoms with E-state index in [0.29, 0.717) is 18.6 Å². The maximum absolute atomic E-state index is 10.6. The molecule has 1 aromatic carbocycles. The van der Waals surface area contributed by atoms with Crippen LogP contribution in [0.1, 0.15) is 11.1 Å². The molecule has 0 heterocycles. The molecule has 1 rings (SSSR count). The number of hydrogen-bond acceptors (Lipinski definition) is 4. The summed E-state index contributed by atoms with van der Waals surface area (Å²) in [5, 5.41) is 10.6. The van der Waals surface area contributed by atoms with Gasteiger partial charge in [0.1, 0.15) is 0 Å². The minimum absolute atomic E-state index is 0.0779. The number of ether oxygens (including phenoxy) is 1. The minimum atomic E-state index is -0.381. The van der Waals surface area contributed by atoms with Gasteiger partial charge in [0.15, 0.2) is 0 Å². The first-order chi connectivity index (χ1) is 7.54. The van der Waals surface area contributed by atoms with E-state index in [-0.39, 0.29) is 16.7 Å². The number of rotatable bonds is 5. The summed E-state index contributed by atoms with van der Waals surface area (Å²) in [6.07, 6.45) is 0.659. The number of nitro benzene ring substituents is 1. The average molecular weight is 224 g/mol. The van der Waals surface area contributed by atoms with E-state index in [9.17, 15) is 10.1 Å². The van der Waals surface area contributed by atoms with Gasteiger partial charge in [-0.05, 0) is 25.0 Å². The average Bonchev–Trinajstić information content (AvgIpc) is 2.17. The van der Waals surface area contributed by atoms with E-state index in [2.05, 4.69) is 0 Å². The van der Waals surface area contributed by atoms with E-state index in [1.54, 1.807) is 26.2 Å². The van der Waals surface area contributed by atoms with Crippen molar-refractivity contribution in [2.24, 2.45) is 5.73 Å². The first-order valence-electron chi connectivity index (χ1n) is 5.03. The van der Waals surface area contributed by atoms with Gasteiger partial charge in [-0.3, -0.25) is 10.1 Å². The Morgan fingerprint density at radius 3 is 2.75 bits per heavy atom. The van der Waals surface area contributed by atoms with Crippen LogP contribution in [0, 0.1) is 17.0 Å². The standard InChI is InChI=1S/C11H16N2O3/c1-8-5-9(6-10(12)7-16-2)3-4-11(8)13(14)15/h3-5,10H,6-7,12H2,1-2H3. The molecule has 0 spiro atoms. The topological polar surface area (TPSA) is 78.4 Å². The quantitative estimate of drug-likeness (QED) is 0.606. The largest absolute Gasteiger partial charge is 0.383 e. The summed E-state index contributed by atoms with van der Waals surface area (Å²) < 4.78 is 4.93. The van der Waals surface area contributed by atoms with Crippen molar-refractivity contribution in [1.29, 1.82) is 0 Å². The molecule has 0 aliphatic carbocycles. The molecule has 0 aliphatic heterocycles. The minimum Gasteiger partial charge on any atom is -0.383 e. The van der Waals surface area contributed by atoms with Crippen LogP contribution in [0.5, 0.6) is 0 Å². The van der Waals surface area contributed by atoms with Crippen molar-refractivity contribution in [3.8, 4) is 0 Å². The molecule has 0 saturated carbocycles. The van der Waals surface area contributed by atoms with Gasteiger partial charge in [-0.15, -0.1) is 0 Å². The third-order valence-corrected chi connectivity index (χ3v) is 2.34. The van der Waals surface area contributed by atoms with Crippen LogP contribution in [0.25, 0.3) is 0 Å². The van der Waals surface area contributed by atoms with Crippen LogP contribution in [0.3, 0.4) is 0 Å². The molecule has 1 atom stereocenters. The highest BCUT2D eigenvalue weighted by molar-refractivity contribution is 5.41. The SMILES string of the molecule is COCC(N)Cc1ccc([N+](=O)[O-])c(C)c1. The molecular formula is C11H16N2O3. The van der Waals surface area contributed by atoms with Crippen molar-refractivity contribution in [3.05, 3.63) is 39.4 Å². The zero-order valence-corrected chi connectivity index (χ0v) is 9.47. The first kappa shape index (κ1) is 12.6. The van der Waals surface area contributed by atoms with E-state index in [1.165, 1.54) is 6.07 Å². The fourth-order valence-corrected chi connectivity index (χ4v) is 1.63. The Bertz CT molecular complexity index is 379. The van der Waals surface area contributed by atoms with Crippen LogP contribution in [-0.2, 0) is 11.2 Å². The van der Waals surface area contributed by atoms with Crippen LogP contribution in [0.2, 0.25) is 0 Å². The molecule has 0 fully saturated rings. The lowest BCUT2D eigenvalue weighted by atomic mass is 10.0. The summed E-state index contributed by atoms with van der Waals surface area (Å²) in [7, 11) is 1.60. The van der Waals surface area contributed by atoms with Gasteiger partial charge in [-0.2, -0.15) is 0 Å². The Kier molecular flexibility index (Phi) is 4.39. The van der Waals surface area contributed by atoms with Crippen LogP contribution in [-0.4, -0.2) is 24.7 Å². The number of methoxy groups -OCH3 is 1. The Morgan fingerprint density at radius 1 is 1.56 bits per heavy atom. The molecule has 1 unspecified atom stereocenters. The van der Waals surface area contributed by atoms with Crippen molar-refractivity contribution in [2.45, 2.75) is 19.4 Å². The predicted molar refractivity (Wildman–Crippen MR) is 61.4 cm³/mol. The van der Waals surface area contributed by atoms with Crippen molar-refractivity contribution in [1.82, 2.24) is 0 Å². The highest BCUT2D eigenvalue weighted by Gasteiger charge is 2.11. The van der Waals surface area contributed by atoms with Gasteiger partial charge in [0, 0.05) is 24.8 Å². The molecule has 0 saturated heterocycles. The fraction of sp³-hybridized carbons (Fsp3) is 0.455. The van der Waals surface area contributed by atoms with Gasteiger partial charge in [0.05, 0.1) is 11.5 Å². The van der Waals surface area contributed by atoms with Crippen LogP contribution in [0.15, 0.2) is 18.2 Å². The predicted octanol–water partition coefficient (Wildman–Crippen LogP) is 1.42. The van der Waals surface area contributed by atoms with Gasteiger partial charge < -0.3 is 10.5 Å². The van der Waals surface area contributed by atoms with E-state index in [0.717, 1.165) is 5.56 Å². The first-order valence-corrected chi connectivity index (χ1v) is 5.03. The monoisotopic (exact) mass is 224 g/mol. The fourth-order valence-electron chi connectivity index (χ4n) is 1.63. The summed E-state index contributed by atoms with van der Waals surface area (Å²) >= 11 is 0. The van der Waals surface area contributed by atoms with Crippen molar-refractivity contribution in [2.75, 3.05) is 13.7 Å². The molecule has 0 bridgehead atoms. The van der Waals surface area contributed by atoms with Crippen molar-refractivity contribution < 1.29 is 9.66 Å². The molecule has 88 valence electrons. The molecule has 1 aromatic rings. The number of hydrogen-bond donors (Lipinski definition) is 1. The number of benzene rings is 1. The Labute approximate surface area is 94.4 Å². The van der Waals surface area contributed by atoms with Crippen LogP contribution < -0.4 is 5.73 Å². The molecular weight excluding hydrogens is 208 g/mol. The van der Waals surface area contributed by atoms with Crippen LogP contribution >= 0.6 is 0 Å². The third-order valence-electron chi connectivity index (χ3n) is 2.34. The van der Waals surface area contributed by atoms with Gasteiger partial charge >= 0.3 is 0 Å². The third kappa shape index (κ3) is 3.29. The number of aryl methyl sites for hydroxylation is 1. The Morgan fingerprint density at radius 2 is 2.25 bits per heavy atom. The lowest BCUT2D eigenvalue weighted by molar-refractivity contribution is -0.385. The smallest absolute Gasteiger partial charge is 0.272 e. The zero-order chi connectivity index (χ0) is 12.1. The van der Waals surface area contributed by atoms with Crippen molar-refractivity contribution >= 4 is 5.69 Å². The second-order valence-corrected chi connectivity index (χ2v) is 3.80. The lowest BCUT2D eigenvalue weighted by Gasteiger charge is -2.10. The summed E-state index contributed by atoms with van der Waals surface area (Å²) in [6, 6.07) is 4.98. The van der Waals surface area contributed by atoms with Gasteiger partial charge in [-0.25, -0.2) is 0 Å². The van der Waals surface area contributed by atoms with E-state index in [4.69, 9.17) is 10.5 Å². The highest BCUT2D eigenvalue weighted by atomic mass is 16.6. The molecule has 0 aromatic heterocycles. The maximum atomic E-state index is 10.6. The highest BCUT2D eigenvalue weighted by Crippen LogP contribution is 2.19. The normalized spacial score (nSPS) is 12.4. The van der Waals surface area contributed by atoms with Crippen molar-refractivity contribution in [3.63, 3.8) is 0 Å². The summed E-state index contributed by atoms with van der Waals surface area (Å²) in [6.45, 7) is 2.21. The van der Waals surface area contributed by atoms with E-state index in [1.807, 2.05) is 0 Å². The van der Waals surface area contributed by atoms with E-state index >= 15 is 0 Å². The van der Waals surface area contributed by atoms with Gasteiger partial charge in [0.2, 0.25) is 0 Å². The zero-order valence-electron chi connectivity index (χ0n) is 9.47. The number of nitrogens with two attached hydrogens (primary N) is 1. The lowest BCUT2D eigenvalue weighted by Crippen LogP contribution is -2.27. The molecule has 16 heavy (non-hydrogen) atoms. The Balaban J connectivity index is 2.77. The number of nitro groups is 1. The summed E-state index contributed by atoms with van der Waals surface area (Å²) in [4.78, 5) is 10.2. The molecule has 5 nitrogen and oxygen atoms in total. The molecule has 2 N–H and O–H groups in total. The summed E-state index contributed by atoms with van der Waals surface area (Å²) in [5.74, 6) is 0. The van der Waals surface area contributed by atoms with E-state index < -0.39 is 0 Å². The number of nitrogens with zero attached hydrogens (tertiary/aromatic N) is 1. The molecule has 5 heteroatoms.